The number of rotatable bonds is 3. The van der Waals surface area contributed by atoms with Crippen molar-refractivity contribution in [2.24, 2.45) is 0 Å². The van der Waals surface area contributed by atoms with Gasteiger partial charge in [0.2, 0.25) is 11.8 Å². The van der Waals surface area contributed by atoms with Crippen LogP contribution in [0.3, 0.4) is 0 Å². The molecule has 3 amide bonds. The Morgan fingerprint density at radius 1 is 0.853 bits per heavy atom. The van der Waals surface area contributed by atoms with Crippen LogP contribution in [0.15, 0.2) is 42.5 Å². The summed E-state index contributed by atoms with van der Waals surface area (Å²) in [5.41, 5.74) is 4.34. The lowest BCUT2D eigenvalue weighted by atomic mass is 9.95. The number of fused-ring (bicyclic) bond motifs is 4. The molecule has 0 radical (unpaired) electrons. The van der Waals surface area contributed by atoms with E-state index < -0.39 is 0 Å². The molecule has 4 aliphatic rings. The van der Waals surface area contributed by atoms with Gasteiger partial charge in [0.25, 0.3) is 5.91 Å². The number of benzene rings is 2. The molecule has 2 saturated heterocycles. The van der Waals surface area contributed by atoms with E-state index in [1.807, 2.05) is 41.3 Å². The fourth-order valence-electron chi connectivity index (χ4n) is 5.97. The Morgan fingerprint density at radius 3 is 2.50 bits per heavy atom. The summed E-state index contributed by atoms with van der Waals surface area (Å²) in [6.07, 6.45) is 5.74. The summed E-state index contributed by atoms with van der Waals surface area (Å²) < 4.78 is 0. The maximum absolute atomic E-state index is 13.7. The summed E-state index contributed by atoms with van der Waals surface area (Å²) in [7, 11) is 0. The van der Waals surface area contributed by atoms with Gasteiger partial charge in [-0.05, 0) is 68.4 Å². The van der Waals surface area contributed by atoms with E-state index >= 15 is 0 Å². The molecule has 1 unspecified atom stereocenters. The van der Waals surface area contributed by atoms with Gasteiger partial charge in [-0.3, -0.25) is 19.3 Å². The maximum atomic E-state index is 13.7. The Hall–Kier alpha value is -3.35. The quantitative estimate of drug-likeness (QED) is 0.709. The zero-order valence-corrected chi connectivity index (χ0v) is 19.4. The predicted octanol–water partition coefficient (Wildman–Crippen LogP) is 3.22. The fraction of sp³-hybridized carbons (Fsp3) is 0.444. The first-order valence-electron chi connectivity index (χ1n) is 12.5. The molecule has 176 valence electrons. The lowest BCUT2D eigenvalue weighted by molar-refractivity contribution is -0.123. The van der Waals surface area contributed by atoms with Crippen LogP contribution in [-0.2, 0) is 16.0 Å². The van der Waals surface area contributed by atoms with Gasteiger partial charge >= 0.3 is 0 Å². The van der Waals surface area contributed by atoms with Crippen LogP contribution in [0.5, 0.6) is 0 Å². The van der Waals surface area contributed by atoms with E-state index in [9.17, 15) is 14.4 Å². The summed E-state index contributed by atoms with van der Waals surface area (Å²) in [5, 5.41) is 0. The molecule has 2 aromatic rings. The number of amides is 3. The molecule has 6 rings (SSSR count). The minimum atomic E-state index is -0.236. The van der Waals surface area contributed by atoms with Crippen LogP contribution in [0.4, 0.5) is 17.1 Å². The average molecular weight is 459 g/mol. The van der Waals surface area contributed by atoms with Crippen molar-refractivity contribution < 1.29 is 14.4 Å². The van der Waals surface area contributed by atoms with Crippen molar-refractivity contribution in [1.29, 1.82) is 0 Å². The number of nitrogens with zero attached hydrogens (tertiary/aromatic N) is 4. The number of hydrogen-bond donors (Lipinski definition) is 0. The zero-order valence-electron chi connectivity index (χ0n) is 19.4. The molecule has 2 aromatic carbocycles. The number of para-hydroxylation sites is 1. The first-order chi connectivity index (χ1) is 16.6. The fourth-order valence-corrected chi connectivity index (χ4v) is 5.97. The van der Waals surface area contributed by atoms with Crippen LogP contribution in [0.25, 0.3) is 0 Å². The van der Waals surface area contributed by atoms with Crippen LogP contribution in [0.2, 0.25) is 0 Å². The molecular weight excluding hydrogens is 428 g/mol. The number of carbonyl (C=O) groups is 3. The molecule has 2 fully saturated rings. The van der Waals surface area contributed by atoms with Gasteiger partial charge < -0.3 is 14.7 Å². The molecule has 0 N–H and O–H groups in total. The van der Waals surface area contributed by atoms with E-state index in [1.165, 1.54) is 0 Å². The van der Waals surface area contributed by atoms with Gasteiger partial charge in [-0.25, -0.2) is 0 Å². The second-order valence-corrected chi connectivity index (χ2v) is 9.76. The lowest BCUT2D eigenvalue weighted by Crippen LogP contribution is -2.57. The Morgan fingerprint density at radius 2 is 1.65 bits per heavy atom. The molecule has 4 aliphatic heterocycles. The third kappa shape index (κ3) is 3.45. The molecule has 0 spiro atoms. The molecule has 4 heterocycles. The number of likely N-dealkylation sites (tertiary alicyclic amines) is 1. The van der Waals surface area contributed by atoms with Crippen LogP contribution in [0.1, 0.15) is 48.0 Å². The van der Waals surface area contributed by atoms with Crippen molar-refractivity contribution in [2.75, 3.05) is 47.4 Å². The van der Waals surface area contributed by atoms with Crippen LogP contribution in [-0.4, -0.2) is 61.4 Å². The largest absolute Gasteiger partial charge is 0.358 e. The Bertz CT molecular complexity index is 1160. The molecule has 34 heavy (non-hydrogen) atoms. The SMILES string of the molecule is O=C(c1ccc2c(c1)N(CC(=O)N1CCc3ccccc31)C(=O)C1CCCCN21)N1CCCC1. The van der Waals surface area contributed by atoms with Crippen molar-refractivity contribution >= 4 is 34.8 Å². The summed E-state index contributed by atoms with van der Waals surface area (Å²) in [6.45, 7) is 3.01. The van der Waals surface area contributed by atoms with Crippen LogP contribution in [0, 0.1) is 0 Å². The van der Waals surface area contributed by atoms with Crippen molar-refractivity contribution in [3.8, 4) is 0 Å². The standard InChI is InChI=1S/C27H30N4O3/c32-25(30-16-12-19-7-1-2-8-21(19)30)18-31-24-17-20(26(33)28-13-5-6-14-28)10-11-22(24)29-15-4-3-9-23(29)27(31)34/h1-2,7-8,10-11,17,23H,3-6,9,12-16,18H2. The predicted molar refractivity (Wildman–Crippen MR) is 131 cm³/mol. The third-order valence-corrected chi connectivity index (χ3v) is 7.75. The lowest BCUT2D eigenvalue weighted by Gasteiger charge is -2.45. The highest BCUT2D eigenvalue weighted by atomic mass is 16.2. The highest BCUT2D eigenvalue weighted by molar-refractivity contribution is 6.11. The van der Waals surface area contributed by atoms with Crippen molar-refractivity contribution in [1.82, 2.24) is 4.90 Å². The molecule has 0 bridgehead atoms. The number of anilines is 3. The molecule has 7 heteroatoms. The van der Waals surface area contributed by atoms with Gasteiger partial charge in [0, 0.05) is 37.4 Å². The van der Waals surface area contributed by atoms with Gasteiger partial charge in [-0.15, -0.1) is 0 Å². The number of hydrogen-bond acceptors (Lipinski definition) is 4. The van der Waals surface area contributed by atoms with Crippen LogP contribution < -0.4 is 14.7 Å². The third-order valence-electron chi connectivity index (χ3n) is 7.75. The first kappa shape index (κ1) is 21.2. The Balaban J connectivity index is 1.35. The highest BCUT2D eigenvalue weighted by Gasteiger charge is 2.41. The van der Waals surface area contributed by atoms with E-state index in [4.69, 9.17) is 0 Å². The van der Waals surface area contributed by atoms with Crippen molar-refractivity contribution in [3.05, 3.63) is 53.6 Å². The molecule has 7 nitrogen and oxygen atoms in total. The summed E-state index contributed by atoms with van der Waals surface area (Å²) >= 11 is 0. The monoisotopic (exact) mass is 458 g/mol. The Labute approximate surface area is 199 Å². The van der Waals surface area contributed by atoms with Gasteiger partial charge in [-0.1, -0.05) is 18.2 Å². The Kier molecular flexibility index (Phi) is 5.27. The normalized spacial score (nSPS) is 21.4. The second-order valence-electron chi connectivity index (χ2n) is 9.76. The van der Waals surface area contributed by atoms with Crippen molar-refractivity contribution in [2.45, 2.75) is 44.6 Å². The molecular formula is C27H30N4O3. The second kappa shape index (κ2) is 8.46. The average Bonchev–Trinajstić information content (AvgIpc) is 3.56. The van der Waals surface area contributed by atoms with Gasteiger partial charge in [0.05, 0.1) is 11.4 Å². The summed E-state index contributed by atoms with van der Waals surface area (Å²) in [4.78, 5) is 47.7. The summed E-state index contributed by atoms with van der Waals surface area (Å²) in [5.74, 6) is -0.100. The maximum Gasteiger partial charge on any atom is 0.253 e. The van der Waals surface area contributed by atoms with E-state index in [2.05, 4.69) is 11.0 Å². The smallest absolute Gasteiger partial charge is 0.253 e. The van der Waals surface area contributed by atoms with Gasteiger partial charge in [-0.2, -0.15) is 0 Å². The van der Waals surface area contributed by atoms with E-state index in [-0.39, 0.29) is 30.3 Å². The summed E-state index contributed by atoms with van der Waals surface area (Å²) in [6, 6.07) is 13.4. The number of carbonyl (C=O) groups excluding carboxylic acids is 3. The highest BCUT2D eigenvalue weighted by Crippen LogP contribution is 2.40. The molecule has 0 saturated carbocycles. The minimum absolute atomic E-state index is 0.00765. The molecule has 1 atom stereocenters. The van der Waals surface area contributed by atoms with Gasteiger partial charge in [0.1, 0.15) is 12.6 Å². The van der Waals surface area contributed by atoms with E-state index in [0.29, 0.717) is 17.8 Å². The topological polar surface area (TPSA) is 64.2 Å². The minimum Gasteiger partial charge on any atom is -0.358 e. The van der Waals surface area contributed by atoms with E-state index in [0.717, 1.165) is 75.1 Å². The molecule has 0 aromatic heterocycles. The van der Waals surface area contributed by atoms with Crippen LogP contribution >= 0.6 is 0 Å². The molecule has 0 aliphatic carbocycles. The number of piperidine rings is 1. The first-order valence-corrected chi connectivity index (χ1v) is 12.5. The van der Waals surface area contributed by atoms with Crippen molar-refractivity contribution in [3.63, 3.8) is 0 Å². The van der Waals surface area contributed by atoms with E-state index in [1.54, 1.807) is 9.80 Å². The zero-order chi connectivity index (χ0) is 23.2. The van der Waals surface area contributed by atoms with Gasteiger partial charge in [0.15, 0.2) is 0 Å².